The summed E-state index contributed by atoms with van der Waals surface area (Å²) in [6.07, 6.45) is 3.28. The van der Waals surface area contributed by atoms with Crippen LogP contribution in [-0.4, -0.2) is 33.4 Å². The van der Waals surface area contributed by atoms with E-state index in [-0.39, 0.29) is 5.92 Å². The monoisotopic (exact) mass is 249 g/mol. The molecule has 16 heavy (non-hydrogen) atoms. The second-order valence-corrected chi connectivity index (χ2v) is 5.42. The average Bonchev–Trinajstić information content (AvgIpc) is 2.16. The Morgan fingerprint density at radius 1 is 1.50 bits per heavy atom. The van der Waals surface area contributed by atoms with Crippen LogP contribution in [0.25, 0.3) is 0 Å². The first-order valence-electron chi connectivity index (χ1n) is 5.07. The third-order valence-electron chi connectivity index (χ3n) is 2.58. The molecule has 0 aliphatic carbocycles. The zero-order chi connectivity index (χ0) is 12.2. The molecule has 2 atom stereocenters. The van der Waals surface area contributed by atoms with E-state index >= 15 is 0 Å². The van der Waals surface area contributed by atoms with Crippen molar-refractivity contribution in [2.75, 3.05) is 6.54 Å². The molecule has 1 rings (SSSR count). The van der Waals surface area contributed by atoms with Crippen molar-refractivity contribution in [2.45, 2.75) is 25.3 Å². The lowest BCUT2D eigenvalue weighted by Gasteiger charge is -2.26. The van der Waals surface area contributed by atoms with Gasteiger partial charge in [-0.25, -0.2) is 0 Å². The Labute approximate surface area is 93.5 Å². The number of hydrogen-bond acceptors (Lipinski definition) is 3. The maximum Gasteiger partial charge on any atom is 0.348 e. The molecular formula is C9H16NO5P. The molecule has 2 unspecified atom stereocenters. The van der Waals surface area contributed by atoms with E-state index in [2.05, 4.69) is 5.32 Å². The van der Waals surface area contributed by atoms with Crippen molar-refractivity contribution in [2.24, 2.45) is 5.92 Å². The lowest BCUT2D eigenvalue weighted by atomic mass is 9.90. The van der Waals surface area contributed by atoms with E-state index in [1.807, 2.05) is 0 Å². The molecule has 92 valence electrons. The van der Waals surface area contributed by atoms with E-state index in [1.54, 1.807) is 0 Å². The SMILES string of the molecule is O=C(O)C1CC(C/C=C/P(=O)(O)O)CCN1. The summed E-state index contributed by atoms with van der Waals surface area (Å²) in [7, 11) is -4.08. The molecule has 0 aromatic heterocycles. The van der Waals surface area contributed by atoms with Gasteiger partial charge in [-0.2, -0.15) is 0 Å². The van der Waals surface area contributed by atoms with E-state index in [0.29, 0.717) is 19.4 Å². The summed E-state index contributed by atoms with van der Waals surface area (Å²) >= 11 is 0. The second kappa shape index (κ2) is 5.59. The fourth-order valence-corrected chi connectivity index (χ4v) is 2.19. The number of aliphatic carboxylic acids is 1. The van der Waals surface area contributed by atoms with E-state index in [9.17, 15) is 9.36 Å². The second-order valence-electron chi connectivity index (χ2n) is 3.94. The fraction of sp³-hybridized carbons (Fsp3) is 0.667. The molecule has 1 fully saturated rings. The molecule has 7 heteroatoms. The predicted molar refractivity (Wildman–Crippen MR) is 58.0 cm³/mol. The normalized spacial score (nSPS) is 27.1. The van der Waals surface area contributed by atoms with Gasteiger partial charge in [-0.3, -0.25) is 9.36 Å². The van der Waals surface area contributed by atoms with Gasteiger partial charge in [-0.1, -0.05) is 6.08 Å². The van der Waals surface area contributed by atoms with Gasteiger partial charge in [0.15, 0.2) is 0 Å². The van der Waals surface area contributed by atoms with Crippen molar-refractivity contribution < 1.29 is 24.3 Å². The van der Waals surface area contributed by atoms with Crippen LogP contribution < -0.4 is 5.32 Å². The van der Waals surface area contributed by atoms with E-state index in [4.69, 9.17) is 14.9 Å². The number of hydrogen-bond donors (Lipinski definition) is 4. The Morgan fingerprint density at radius 2 is 2.19 bits per heavy atom. The van der Waals surface area contributed by atoms with E-state index < -0.39 is 19.6 Å². The van der Waals surface area contributed by atoms with Crippen LogP contribution in [0.5, 0.6) is 0 Å². The summed E-state index contributed by atoms with van der Waals surface area (Å²) in [5, 5.41) is 11.7. The van der Waals surface area contributed by atoms with Crippen molar-refractivity contribution in [3.63, 3.8) is 0 Å². The highest BCUT2D eigenvalue weighted by molar-refractivity contribution is 7.55. The van der Waals surface area contributed by atoms with Gasteiger partial charge in [0.05, 0.1) is 0 Å². The molecule has 0 amide bonds. The van der Waals surface area contributed by atoms with Gasteiger partial charge in [0.2, 0.25) is 0 Å². The van der Waals surface area contributed by atoms with Gasteiger partial charge < -0.3 is 20.2 Å². The van der Waals surface area contributed by atoms with Crippen LogP contribution >= 0.6 is 7.60 Å². The van der Waals surface area contributed by atoms with Gasteiger partial charge in [-0.15, -0.1) is 0 Å². The zero-order valence-electron chi connectivity index (χ0n) is 8.74. The van der Waals surface area contributed by atoms with Crippen molar-refractivity contribution in [1.82, 2.24) is 5.32 Å². The van der Waals surface area contributed by atoms with Gasteiger partial charge in [0.25, 0.3) is 0 Å². The maximum absolute atomic E-state index is 10.7. The maximum atomic E-state index is 10.7. The number of rotatable bonds is 4. The lowest BCUT2D eigenvalue weighted by molar-refractivity contribution is -0.140. The van der Waals surface area contributed by atoms with E-state index in [0.717, 1.165) is 12.2 Å². The number of carbonyl (C=O) groups is 1. The Bertz CT molecular complexity index is 324. The standard InChI is InChI=1S/C9H16NO5P/c11-9(12)8-6-7(3-4-10-8)2-1-5-16(13,14)15/h1,5,7-8,10H,2-4,6H2,(H,11,12)(H2,13,14,15)/b5-1+. The van der Waals surface area contributed by atoms with Crippen LogP contribution in [0.1, 0.15) is 19.3 Å². The van der Waals surface area contributed by atoms with E-state index in [1.165, 1.54) is 6.08 Å². The van der Waals surface area contributed by atoms with Gasteiger partial charge in [0, 0.05) is 5.82 Å². The number of nitrogens with one attached hydrogen (secondary N) is 1. The number of carboxylic acids is 1. The third kappa shape index (κ3) is 4.90. The molecule has 0 radical (unpaired) electrons. The first-order valence-corrected chi connectivity index (χ1v) is 6.76. The Hall–Kier alpha value is -0.680. The topological polar surface area (TPSA) is 107 Å². The molecule has 6 nitrogen and oxygen atoms in total. The fourth-order valence-electron chi connectivity index (χ4n) is 1.79. The average molecular weight is 249 g/mol. The van der Waals surface area contributed by atoms with Crippen molar-refractivity contribution in [3.8, 4) is 0 Å². The molecule has 0 aromatic carbocycles. The molecular weight excluding hydrogens is 233 g/mol. The number of carboxylic acid groups (broad SMARTS) is 1. The summed E-state index contributed by atoms with van der Waals surface area (Å²) < 4.78 is 10.5. The minimum atomic E-state index is -4.08. The summed E-state index contributed by atoms with van der Waals surface area (Å²) in [6.45, 7) is 0.630. The van der Waals surface area contributed by atoms with Gasteiger partial charge in [0.1, 0.15) is 6.04 Å². The number of allylic oxidation sites excluding steroid dienone is 1. The van der Waals surface area contributed by atoms with Crippen LogP contribution in [0.4, 0.5) is 0 Å². The van der Waals surface area contributed by atoms with Crippen molar-refractivity contribution >= 4 is 13.6 Å². The molecule has 1 aliphatic heterocycles. The van der Waals surface area contributed by atoms with Crippen LogP contribution in [0.3, 0.4) is 0 Å². The quantitative estimate of drug-likeness (QED) is 0.541. The molecule has 0 aromatic rings. The molecule has 4 N–H and O–H groups in total. The van der Waals surface area contributed by atoms with Gasteiger partial charge >= 0.3 is 13.6 Å². The van der Waals surface area contributed by atoms with Crippen LogP contribution in [-0.2, 0) is 9.36 Å². The third-order valence-corrected chi connectivity index (χ3v) is 3.18. The first-order chi connectivity index (χ1) is 7.38. The smallest absolute Gasteiger partial charge is 0.348 e. The number of piperidine rings is 1. The lowest BCUT2D eigenvalue weighted by Crippen LogP contribution is -2.43. The Kier molecular flexibility index (Phi) is 4.68. The van der Waals surface area contributed by atoms with Gasteiger partial charge in [-0.05, 0) is 31.7 Å². The molecule has 0 saturated carbocycles. The molecule has 1 aliphatic rings. The summed E-state index contributed by atoms with van der Waals surface area (Å²) in [4.78, 5) is 27.9. The first kappa shape index (κ1) is 13.4. The summed E-state index contributed by atoms with van der Waals surface area (Å²) in [6, 6.07) is -0.540. The highest BCUT2D eigenvalue weighted by Gasteiger charge is 2.25. The van der Waals surface area contributed by atoms with Crippen molar-refractivity contribution in [1.29, 1.82) is 0 Å². The summed E-state index contributed by atoms with van der Waals surface area (Å²) in [5.74, 6) is 0.180. The molecule has 0 spiro atoms. The highest BCUT2D eigenvalue weighted by Crippen LogP contribution is 2.36. The summed E-state index contributed by atoms with van der Waals surface area (Å²) in [5.41, 5.74) is 0. The zero-order valence-corrected chi connectivity index (χ0v) is 9.64. The Balaban J connectivity index is 2.41. The largest absolute Gasteiger partial charge is 0.480 e. The minimum absolute atomic E-state index is 0.171. The molecule has 0 bridgehead atoms. The molecule has 1 saturated heterocycles. The van der Waals surface area contributed by atoms with Crippen molar-refractivity contribution in [3.05, 3.63) is 11.9 Å². The minimum Gasteiger partial charge on any atom is -0.480 e. The van der Waals surface area contributed by atoms with Crippen LogP contribution in [0.2, 0.25) is 0 Å². The van der Waals surface area contributed by atoms with Crippen LogP contribution in [0.15, 0.2) is 11.9 Å². The molecule has 1 heterocycles. The Morgan fingerprint density at radius 3 is 2.75 bits per heavy atom. The van der Waals surface area contributed by atoms with Crippen LogP contribution in [0, 0.1) is 5.92 Å². The predicted octanol–water partition coefficient (Wildman–Crippen LogP) is 0.521. The highest BCUT2D eigenvalue weighted by atomic mass is 31.2.